The van der Waals surface area contributed by atoms with Crippen LogP contribution < -0.4 is 10.1 Å². The Morgan fingerprint density at radius 1 is 1.09 bits per heavy atom. The van der Waals surface area contributed by atoms with Crippen molar-refractivity contribution in [2.24, 2.45) is 11.3 Å². The highest BCUT2D eigenvalue weighted by Crippen LogP contribution is 2.42. The molecule has 0 bridgehead atoms. The summed E-state index contributed by atoms with van der Waals surface area (Å²) in [5.74, 6) is 2.43. The molecule has 0 radical (unpaired) electrons. The van der Waals surface area contributed by atoms with Crippen molar-refractivity contribution < 1.29 is 4.74 Å². The SMILES string of the molecule is CC(C)(C)c1ccc2c(c1)OC1=CC(C(C)(C)C)CC=C1N2. The number of anilines is 1. The van der Waals surface area contributed by atoms with Crippen LogP contribution in [0.25, 0.3) is 0 Å². The van der Waals surface area contributed by atoms with Crippen LogP contribution in [0.15, 0.2) is 41.8 Å². The van der Waals surface area contributed by atoms with E-state index in [1.165, 1.54) is 5.56 Å². The summed E-state index contributed by atoms with van der Waals surface area (Å²) in [5, 5.41) is 3.52. The largest absolute Gasteiger partial charge is 0.453 e. The minimum Gasteiger partial charge on any atom is -0.453 e. The molecule has 2 heteroatoms. The van der Waals surface area contributed by atoms with Crippen LogP contribution in [-0.2, 0) is 5.41 Å². The number of rotatable bonds is 0. The van der Waals surface area contributed by atoms with E-state index in [0.717, 1.165) is 29.3 Å². The van der Waals surface area contributed by atoms with E-state index in [1.807, 2.05) is 0 Å². The zero-order valence-corrected chi connectivity index (χ0v) is 14.6. The van der Waals surface area contributed by atoms with Gasteiger partial charge in [-0.2, -0.15) is 0 Å². The van der Waals surface area contributed by atoms with Gasteiger partial charge < -0.3 is 10.1 Å². The van der Waals surface area contributed by atoms with Crippen molar-refractivity contribution in [3.8, 4) is 5.75 Å². The van der Waals surface area contributed by atoms with Gasteiger partial charge in [-0.05, 0) is 46.9 Å². The first-order chi connectivity index (χ1) is 10.1. The molecule has 1 unspecified atom stereocenters. The number of allylic oxidation sites excluding steroid dienone is 2. The molecule has 1 atom stereocenters. The third-order valence-electron chi connectivity index (χ3n) is 4.64. The molecule has 1 aliphatic carbocycles. The molecule has 0 amide bonds. The number of benzene rings is 1. The summed E-state index contributed by atoms with van der Waals surface area (Å²) in [6.45, 7) is 13.5. The second kappa shape index (κ2) is 4.91. The number of hydrogen-bond donors (Lipinski definition) is 1. The first-order valence-corrected chi connectivity index (χ1v) is 8.16. The Labute approximate surface area is 134 Å². The number of nitrogens with one attached hydrogen (secondary N) is 1. The van der Waals surface area contributed by atoms with Gasteiger partial charge >= 0.3 is 0 Å². The first-order valence-electron chi connectivity index (χ1n) is 8.16. The molecule has 22 heavy (non-hydrogen) atoms. The Kier molecular flexibility index (Phi) is 3.39. The summed E-state index contributed by atoms with van der Waals surface area (Å²) in [4.78, 5) is 0. The molecule has 0 aromatic heterocycles. The second-order valence-electron chi connectivity index (χ2n) is 8.54. The highest BCUT2D eigenvalue weighted by Gasteiger charge is 2.30. The second-order valence-corrected chi connectivity index (χ2v) is 8.54. The van der Waals surface area contributed by atoms with Crippen LogP contribution >= 0.6 is 0 Å². The Morgan fingerprint density at radius 3 is 2.45 bits per heavy atom. The molecule has 0 saturated carbocycles. The molecule has 1 aliphatic heterocycles. The van der Waals surface area contributed by atoms with E-state index in [2.05, 4.69) is 77.2 Å². The van der Waals surface area contributed by atoms with Gasteiger partial charge in [0.1, 0.15) is 5.76 Å². The Bertz CT molecular complexity index is 653. The van der Waals surface area contributed by atoms with Gasteiger partial charge in [-0.1, -0.05) is 53.7 Å². The zero-order chi connectivity index (χ0) is 16.1. The molecule has 2 nitrogen and oxygen atoms in total. The third-order valence-corrected chi connectivity index (χ3v) is 4.64. The van der Waals surface area contributed by atoms with Crippen molar-refractivity contribution >= 4 is 5.69 Å². The lowest BCUT2D eigenvalue weighted by Gasteiger charge is -2.34. The average molecular weight is 297 g/mol. The predicted octanol–water partition coefficient (Wildman–Crippen LogP) is 5.62. The monoisotopic (exact) mass is 297 g/mol. The quantitative estimate of drug-likeness (QED) is 0.671. The molecule has 1 aromatic rings. The van der Waals surface area contributed by atoms with Crippen LogP contribution in [0.4, 0.5) is 5.69 Å². The predicted molar refractivity (Wildman–Crippen MR) is 93.1 cm³/mol. The van der Waals surface area contributed by atoms with Crippen molar-refractivity contribution in [2.45, 2.75) is 53.4 Å². The van der Waals surface area contributed by atoms with E-state index in [0.29, 0.717) is 5.92 Å². The standard InChI is InChI=1S/C20H27NO/c1-19(2,3)13-7-9-15-17(11-13)22-18-12-14(20(4,5)6)8-10-16(18)21-15/h7,9-12,14,21H,8H2,1-6H3. The fourth-order valence-electron chi connectivity index (χ4n) is 2.93. The topological polar surface area (TPSA) is 21.3 Å². The van der Waals surface area contributed by atoms with Crippen molar-refractivity contribution in [1.29, 1.82) is 0 Å². The van der Waals surface area contributed by atoms with Gasteiger partial charge in [0.25, 0.3) is 0 Å². The van der Waals surface area contributed by atoms with Crippen molar-refractivity contribution in [1.82, 2.24) is 0 Å². The van der Waals surface area contributed by atoms with Crippen LogP contribution in [0.1, 0.15) is 53.5 Å². The summed E-state index contributed by atoms with van der Waals surface area (Å²) in [7, 11) is 0. The van der Waals surface area contributed by atoms with Crippen LogP contribution in [0.5, 0.6) is 5.75 Å². The fourth-order valence-corrected chi connectivity index (χ4v) is 2.93. The van der Waals surface area contributed by atoms with Gasteiger partial charge in [0.2, 0.25) is 0 Å². The summed E-state index contributed by atoms with van der Waals surface area (Å²) in [5.41, 5.74) is 3.85. The van der Waals surface area contributed by atoms with Crippen molar-refractivity contribution in [3.05, 3.63) is 47.4 Å². The molecular weight excluding hydrogens is 270 g/mol. The van der Waals surface area contributed by atoms with Crippen LogP contribution in [0, 0.1) is 11.3 Å². The maximum Gasteiger partial charge on any atom is 0.151 e. The number of hydrogen-bond acceptors (Lipinski definition) is 2. The van der Waals surface area contributed by atoms with E-state index in [-0.39, 0.29) is 10.8 Å². The van der Waals surface area contributed by atoms with Gasteiger partial charge in [0.15, 0.2) is 5.75 Å². The van der Waals surface area contributed by atoms with Crippen LogP contribution in [0.3, 0.4) is 0 Å². The van der Waals surface area contributed by atoms with Crippen LogP contribution in [0.2, 0.25) is 0 Å². The molecule has 3 rings (SSSR count). The van der Waals surface area contributed by atoms with Gasteiger partial charge in [0, 0.05) is 0 Å². The van der Waals surface area contributed by atoms with Gasteiger partial charge in [-0.15, -0.1) is 0 Å². The Balaban J connectivity index is 1.95. The normalized spacial score (nSPS) is 20.9. The maximum atomic E-state index is 6.23. The van der Waals surface area contributed by atoms with Crippen molar-refractivity contribution in [2.75, 3.05) is 5.32 Å². The molecule has 1 N–H and O–H groups in total. The van der Waals surface area contributed by atoms with E-state index in [9.17, 15) is 0 Å². The highest BCUT2D eigenvalue weighted by molar-refractivity contribution is 5.67. The molecule has 1 aromatic carbocycles. The molecule has 0 saturated heterocycles. The lowest BCUT2D eigenvalue weighted by molar-refractivity contribution is 0.281. The molecular formula is C20H27NO. The van der Waals surface area contributed by atoms with Gasteiger partial charge in [-0.3, -0.25) is 0 Å². The highest BCUT2D eigenvalue weighted by atomic mass is 16.5. The number of fused-ring (bicyclic) bond motifs is 2. The molecule has 118 valence electrons. The fraction of sp³-hybridized carbons (Fsp3) is 0.500. The van der Waals surface area contributed by atoms with Gasteiger partial charge in [-0.25, -0.2) is 0 Å². The van der Waals surface area contributed by atoms with E-state index >= 15 is 0 Å². The lowest BCUT2D eigenvalue weighted by Crippen LogP contribution is -2.25. The number of ether oxygens (including phenoxy) is 1. The van der Waals surface area contributed by atoms with E-state index in [4.69, 9.17) is 4.74 Å². The molecule has 1 heterocycles. The minimum absolute atomic E-state index is 0.128. The van der Waals surface area contributed by atoms with Crippen molar-refractivity contribution in [3.63, 3.8) is 0 Å². The summed E-state index contributed by atoms with van der Waals surface area (Å²) in [6.07, 6.45) is 5.62. The average Bonchev–Trinajstić information content (AvgIpc) is 2.41. The smallest absolute Gasteiger partial charge is 0.151 e. The molecule has 0 spiro atoms. The maximum absolute atomic E-state index is 6.23. The Hall–Kier alpha value is -1.70. The minimum atomic E-state index is 0.128. The van der Waals surface area contributed by atoms with E-state index < -0.39 is 0 Å². The first kappa shape index (κ1) is 15.2. The summed E-state index contributed by atoms with van der Waals surface area (Å²) in [6, 6.07) is 6.48. The van der Waals surface area contributed by atoms with E-state index in [1.54, 1.807) is 0 Å². The lowest BCUT2D eigenvalue weighted by atomic mass is 9.76. The zero-order valence-electron chi connectivity index (χ0n) is 14.6. The van der Waals surface area contributed by atoms with Crippen LogP contribution in [-0.4, -0.2) is 0 Å². The third kappa shape index (κ3) is 2.79. The molecule has 2 aliphatic rings. The summed E-state index contributed by atoms with van der Waals surface area (Å²) >= 11 is 0. The summed E-state index contributed by atoms with van der Waals surface area (Å²) < 4.78 is 6.23. The molecule has 0 fully saturated rings. The Morgan fingerprint density at radius 2 is 1.82 bits per heavy atom. The van der Waals surface area contributed by atoms with Gasteiger partial charge in [0.05, 0.1) is 11.4 Å².